The van der Waals surface area contributed by atoms with Gasteiger partial charge in [-0.25, -0.2) is 0 Å². The van der Waals surface area contributed by atoms with Crippen LogP contribution in [0.4, 0.5) is 5.69 Å². The fraction of sp³-hybridized carbons (Fsp3) is 0.692. The van der Waals surface area contributed by atoms with E-state index in [0.717, 1.165) is 19.6 Å². The molecule has 108 valence electrons. The molecule has 0 radical (unpaired) electrons. The van der Waals surface area contributed by atoms with Gasteiger partial charge in [0.05, 0.1) is 11.4 Å². The molecule has 0 fully saturated rings. The molecule has 0 atom stereocenters. The Morgan fingerprint density at radius 1 is 1.37 bits per heavy atom. The highest BCUT2D eigenvalue weighted by atomic mass is 16.2. The van der Waals surface area contributed by atoms with Crippen LogP contribution in [0.5, 0.6) is 0 Å². The second kappa shape index (κ2) is 7.13. The van der Waals surface area contributed by atoms with Gasteiger partial charge >= 0.3 is 0 Å². The molecule has 0 aliphatic rings. The number of carbonyl (C=O) groups is 1. The minimum Gasteiger partial charge on any atom is -0.395 e. The third-order valence-electron chi connectivity index (χ3n) is 3.30. The van der Waals surface area contributed by atoms with E-state index in [1.807, 2.05) is 13.8 Å². The first-order valence-corrected chi connectivity index (χ1v) is 6.88. The van der Waals surface area contributed by atoms with Crippen molar-refractivity contribution in [2.24, 2.45) is 0 Å². The zero-order chi connectivity index (χ0) is 14.4. The van der Waals surface area contributed by atoms with E-state index in [9.17, 15) is 4.79 Å². The molecule has 0 saturated carbocycles. The van der Waals surface area contributed by atoms with Crippen molar-refractivity contribution >= 4 is 11.6 Å². The van der Waals surface area contributed by atoms with Crippen molar-refractivity contribution in [2.45, 2.75) is 34.2 Å². The Morgan fingerprint density at radius 2 is 2.00 bits per heavy atom. The Hall–Kier alpha value is -1.56. The lowest BCUT2D eigenvalue weighted by atomic mass is 10.3. The van der Waals surface area contributed by atoms with Gasteiger partial charge in [0.1, 0.15) is 5.69 Å². The molecule has 0 spiro atoms. The summed E-state index contributed by atoms with van der Waals surface area (Å²) in [6.07, 6.45) is 0. The molecule has 0 unspecified atom stereocenters. The number of aromatic nitrogens is 2. The van der Waals surface area contributed by atoms with Crippen LogP contribution in [0.2, 0.25) is 0 Å². The molecule has 0 aromatic carbocycles. The number of anilines is 1. The van der Waals surface area contributed by atoms with E-state index in [-0.39, 0.29) is 5.91 Å². The van der Waals surface area contributed by atoms with Crippen LogP contribution < -0.4 is 11.1 Å². The number of hydrogen-bond acceptors (Lipinski definition) is 4. The number of amides is 1. The van der Waals surface area contributed by atoms with Gasteiger partial charge in [0.25, 0.3) is 5.91 Å². The van der Waals surface area contributed by atoms with Gasteiger partial charge in [0.15, 0.2) is 0 Å². The lowest BCUT2D eigenvalue weighted by Gasteiger charge is -2.18. The number of carbonyl (C=O) groups excluding carboxylic acids is 1. The largest absolute Gasteiger partial charge is 0.395 e. The third-order valence-corrected chi connectivity index (χ3v) is 3.30. The van der Waals surface area contributed by atoms with Crippen molar-refractivity contribution in [3.05, 3.63) is 11.4 Å². The monoisotopic (exact) mass is 267 g/mol. The molecule has 0 aliphatic carbocycles. The van der Waals surface area contributed by atoms with Crippen molar-refractivity contribution < 1.29 is 4.79 Å². The summed E-state index contributed by atoms with van der Waals surface area (Å²) in [5, 5.41) is 7.15. The quantitative estimate of drug-likeness (QED) is 0.768. The van der Waals surface area contributed by atoms with Crippen molar-refractivity contribution in [2.75, 3.05) is 31.9 Å². The maximum Gasteiger partial charge on any atom is 0.271 e. The summed E-state index contributed by atoms with van der Waals surface area (Å²) in [5.74, 6) is -0.146. The summed E-state index contributed by atoms with van der Waals surface area (Å²) in [7, 11) is 0. The molecule has 19 heavy (non-hydrogen) atoms. The van der Waals surface area contributed by atoms with Crippen LogP contribution >= 0.6 is 0 Å². The minimum atomic E-state index is -0.146. The Balaban J connectivity index is 2.63. The normalized spacial score (nSPS) is 11.0. The lowest BCUT2D eigenvalue weighted by molar-refractivity contribution is 0.0939. The van der Waals surface area contributed by atoms with Crippen molar-refractivity contribution in [3.63, 3.8) is 0 Å². The Bertz CT molecular complexity index is 423. The molecule has 3 N–H and O–H groups in total. The molecule has 1 amide bonds. The van der Waals surface area contributed by atoms with Crippen LogP contribution in [0.3, 0.4) is 0 Å². The molecular weight excluding hydrogens is 242 g/mol. The number of aryl methyl sites for hydroxylation is 2. The Kier molecular flexibility index (Phi) is 5.82. The van der Waals surface area contributed by atoms with Gasteiger partial charge in [-0.2, -0.15) is 5.10 Å². The molecule has 1 aromatic heterocycles. The second-order valence-electron chi connectivity index (χ2n) is 4.45. The molecule has 0 bridgehead atoms. The average molecular weight is 267 g/mol. The van der Waals surface area contributed by atoms with Gasteiger partial charge in [-0.15, -0.1) is 0 Å². The summed E-state index contributed by atoms with van der Waals surface area (Å²) in [6, 6.07) is 0. The first kappa shape index (κ1) is 15.5. The third kappa shape index (κ3) is 3.70. The molecule has 1 heterocycles. The van der Waals surface area contributed by atoms with Crippen LogP contribution in [0.25, 0.3) is 0 Å². The summed E-state index contributed by atoms with van der Waals surface area (Å²) < 4.78 is 1.65. The minimum absolute atomic E-state index is 0.146. The van der Waals surface area contributed by atoms with E-state index in [0.29, 0.717) is 30.2 Å². The van der Waals surface area contributed by atoms with Crippen LogP contribution in [-0.4, -0.2) is 46.8 Å². The highest BCUT2D eigenvalue weighted by Crippen LogP contribution is 2.15. The maximum absolute atomic E-state index is 12.1. The van der Waals surface area contributed by atoms with E-state index >= 15 is 0 Å². The fourth-order valence-electron chi connectivity index (χ4n) is 2.01. The topological polar surface area (TPSA) is 76.2 Å². The number of nitrogen functional groups attached to an aromatic ring is 1. The number of nitrogens with two attached hydrogens (primary N) is 1. The molecule has 1 aromatic rings. The first-order valence-electron chi connectivity index (χ1n) is 6.88. The number of nitrogens with zero attached hydrogens (tertiary/aromatic N) is 3. The van der Waals surface area contributed by atoms with Crippen LogP contribution in [0.1, 0.15) is 37.0 Å². The Labute approximate surface area is 114 Å². The zero-order valence-corrected chi connectivity index (χ0v) is 12.4. The van der Waals surface area contributed by atoms with E-state index in [1.165, 1.54) is 0 Å². The fourth-order valence-corrected chi connectivity index (χ4v) is 2.01. The summed E-state index contributed by atoms with van der Waals surface area (Å²) in [5.41, 5.74) is 7.56. The molecule has 6 heteroatoms. The van der Waals surface area contributed by atoms with Gasteiger partial charge in [0, 0.05) is 19.6 Å². The van der Waals surface area contributed by atoms with E-state index < -0.39 is 0 Å². The zero-order valence-electron chi connectivity index (χ0n) is 12.4. The van der Waals surface area contributed by atoms with Gasteiger partial charge in [-0.1, -0.05) is 13.8 Å². The Morgan fingerprint density at radius 3 is 2.53 bits per heavy atom. The number of rotatable bonds is 7. The van der Waals surface area contributed by atoms with E-state index in [4.69, 9.17) is 5.73 Å². The molecule has 0 aliphatic heterocycles. The van der Waals surface area contributed by atoms with E-state index in [1.54, 1.807) is 4.68 Å². The van der Waals surface area contributed by atoms with Gasteiger partial charge in [0.2, 0.25) is 0 Å². The lowest BCUT2D eigenvalue weighted by Crippen LogP contribution is -2.35. The first-order chi connectivity index (χ1) is 9.04. The molecule has 6 nitrogen and oxygen atoms in total. The van der Waals surface area contributed by atoms with Crippen LogP contribution in [0.15, 0.2) is 0 Å². The van der Waals surface area contributed by atoms with Gasteiger partial charge in [-0.3, -0.25) is 9.48 Å². The van der Waals surface area contributed by atoms with Gasteiger partial charge < -0.3 is 16.0 Å². The smallest absolute Gasteiger partial charge is 0.271 e. The summed E-state index contributed by atoms with van der Waals surface area (Å²) in [6.45, 7) is 12.0. The van der Waals surface area contributed by atoms with Gasteiger partial charge in [-0.05, 0) is 26.9 Å². The number of likely N-dealkylation sites (N-methyl/N-ethyl adjacent to an activating group) is 1. The SMILES string of the molecule is CCN(CC)CCNC(=O)c1c(N)c(C)nn1CC. The summed E-state index contributed by atoms with van der Waals surface area (Å²) in [4.78, 5) is 14.4. The molecule has 1 rings (SSSR count). The van der Waals surface area contributed by atoms with Crippen molar-refractivity contribution in [1.29, 1.82) is 0 Å². The summed E-state index contributed by atoms with van der Waals surface area (Å²) >= 11 is 0. The van der Waals surface area contributed by atoms with Crippen LogP contribution in [0, 0.1) is 6.92 Å². The average Bonchev–Trinajstić information content (AvgIpc) is 2.70. The highest BCUT2D eigenvalue weighted by molar-refractivity contribution is 5.97. The highest BCUT2D eigenvalue weighted by Gasteiger charge is 2.18. The molecular formula is C13H25N5O. The number of nitrogens with one attached hydrogen (secondary N) is 1. The predicted molar refractivity (Wildman–Crippen MR) is 77.2 cm³/mol. The number of hydrogen-bond donors (Lipinski definition) is 2. The van der Waals surface area contributed by atoms with E-state index in [2.05, 4.69) is 29.2 Å². The second-order valence-corrected chi connectivity index (χ2v) is 4.45. The van der Waals surface area contributed by atoms with Crippen LogP contribution in [-0.2, 0) is 6.54 Å². The van der Waals surface area contributed by atoms with Crippen molar-refractivity contribution in [3.8, 4) is 0 Å². The maximum atomic E-state index is 12.1. The predicted octanol–water partition coefficient (Wildman–Crippen LogP) is 0.865. The standard InChI is InChI=1S/C13H25N5O/c1-5-17(6-2)9-8-15-13(19)12-11(14)10(4)16-18(12)7-3/h5-9,14H2,1-4H3,(H,15,19). The van der Waals surface area contributed by atoms with Crippen molar-refractivity contribution in [1.82, 2.24) is 20.0 Å². The molecule has 0 saturated heterocycles.